The van der Waals surface area contributed by atoms with Crippen molar-refractivity contribution in [3.8, 4) is 5.75 Å². The van der Waals surface area contributed by atoms with Crippen LogP contribution in [0, 0.1) is 0 Å². The Kier molecular flexibility index (Phi) is 4.61. The van der Waals surface area contributed by atoms with Crippen LogP contribution in [-0.4, -0.2) is 11.2 Å². The molecule has 0 bridgehead atoms. The first-order valence-electron chi connectivity index (χ1n) is 6.26. The summed E-state index contributed by atoms with van der Waals surface area (Å²) in [6, 6.07) is 15.2. The van der Waals surface area contributed by atoms with Crippen LogP contribution in [0.2, 0.25) is 0 Å². The molecule has 2 rings (SSSR count). The highest BCUT2D eigenvalue weighted by atomic mass is 79.9. The molecule has 0 unspecified atom stereocenters. The van der Waals surface area contributed by atoms with Crippen molar-refractivity contribution in [2.75, 3.05) is 0 Å². The first kappa shape index (κ1) is 14.1. The highest BCUT2D eigenvalue weighted by molar-refractivity contribution is 9.10. The van der Waals surface area contributed by atoms with E-state index in [1.54, 1.807) is 0 Å². The third-order valence-corrected chi connectivity index (χ3v) is 3.26. The number of ether oxygens (including phenoxy) is 1. The standard InChI is InChI=1S/C16H17BrO2/c1-11(2)19-15-5-3-4-13(10-15)16(18)12-6-8-14(17)9-7-12/h3-11,16,18H,1-2H3/t16-/m0/s1. The summed E-state index contributed by atoms with van der Waals surface area (Å²) in [5.74, 6) is 0.781. The second-order valence-electron chi connectivity index (χ2n) is 4.69. The lowest BCUT2D eigenvalue weighted by atomic mass is 10.0. The first-order chi connectivity index (χ1) is 9.06. The van der Waals surface area contributed by atoms with E-state index in [-0.39, 0.29) is 6.10 Å². The quantitative estimate of drug-likeness (QED) is 0.909. The number of hydrogen-bond donors (Lipinski definition) is 1. The monoisotopic (exact) mass is 320 g/mol. The van der Waals surface area contributed by atoms with Gasteiger partial charge in [0.2, 0.25) is 0 Å². The third-order valence-electron chi connectivity index (χ3n) is 2.73. The summed E-state index contributed by atoms with van der Waals surface area (Å²) in [5, 5.41) is 10.4. The Morgan fingerprint density at radius 2 is 1.68 bits per heavy atom. The van der Waals surface area contributed by atoms with Gasteiger partial charge in [-0.3, -0.25) is 0 Å². The molecule has 2 nitrogen and oxygen atoms in total. The lowest BCUT2D eigenvalue weighted by Crippen LogP contribution is -2.06. The molecule has 0 radical (unpaired) electrons. The molecule has 19 heavy (non-hydrogen) atoms. The molecule has 0 aliphatic carbocycles. The van der Waals surface area contributed by atoms with Gasteiger partial charge >= 0.3 is 0 Å². The van der Waals surface area contributed by atoms with Gasteiger partial charge in [0.25, 0.3) is 0 Å². The normalized spacial score (nSPS) is 12.5. The third kappa shape index (κ3) is 3.82. The Labute approximate surface area is 122 Å². The summed E-state index contributed by atoms with van der Waals surface area (Å²) < 4.78 is 6.64. The molecule has 0 aliphatic rings. The van der Waals surface area contributed by atoms with E-state index in [0.717, 1.165) is 21.3 Å². The number of aliphatic hydroxyl groups excluding tert-OH is 1. The van der Waals surface area contributed by atoms with Crippen LogP contribution in [0.4, 0.5) is 0 Å². The second kappa shape index (κ2) is 6.22. The fraction of sp³-hybridized carbons (Fsp3) is 0.250. The Hall–Kier alpha value is -1.32. The van der Waals surface area contributed by atoms with Crippen LogP contribution in [0.5, 0.6) is 5.75 Å². The van der Waals surface area contributed by atoms with E-state index in [2.05, 4.69) is 15.9 Å². The van der Waals surface area contributed by atoms with Gasteiger partial charge in [0, 0.05) is 4.47 Å². The summed E-state index contributed by atoms with van der Waals surface area (Å²) in [6.07, 6.45) is -0.510. The first-order valence-corrected chi connectivity index (χ1v) is 7.05. The largest absolute Gasteiger partial charge is 0.491 e. The fourth-order valence-electron chi connectivity index (χ4n) is 1.87. The number of aliphatic hydroxyl groups is 1. The maximum atomic E-state index is 10.4. The van der Waals surface area contributed by atoms with E-state index >= 15 is 0 Å². The molecule has 0 aromatic heterocycles. The summed E-state index contributed by atoms with van der Waals surface area (Å²) >= 11 is 3.39. The number of halogens is 1. The predicted molar refractivity (Wildman–Crippen MR) is 80.4 cm³/mol. The predicted octanol–water partition coefficient (Wildman–Crippen LogP) is 4.32. The molecule has 0 fully saturated rings. The van der Waals surface area contributed by atoms with Crippen LogP contribution in [0.3, 0.4) is 0 Å². The lowest BCUT2D eigenvalue weighted by molar-refractivity contribution is 0.216. The molecule has 0 spiro atoms. The average molecular weight is 321 g/mol. The van der Waals surface area contributed by atoms with E-state index in [9.17, 15) is 5.11 Å². The summed E-state index contributed by atoms with van der Waals surface area (Å²) in [4.78, 5) is 0. The molecule has 3 heteroatoms. The molecule has 0 saturated carbocycles. The molecule has 0 saturated heterocycles. The van der Waals surface area contributed by atoms with Crippen LogP contribution in [0.1, 0.15) is 31.1 Å². The molecule has 1 N–H and O–H groups in total. The van der Waals surface area contributed by atoms with Crippen molar-refractivity contribution in [1.29, 1.82) is 0 Å². The van der Waals surface area contributed by atoms with Gasteiger partial charge in [-0.05, 0) is 49.2 Å². The molecule has 2 aromatic rings. The summed E-state index contributed by atoms with van der Waals surface area (Å²) in [5.41, 5.74) is 1.70. The maximum absolute atomic E-state index is 10.4. The molecule has 0 heterocycles. The zero-order chi connectivity index (χ0) is 13.8. The lowest BCUT2D eigenvalue weighted by Gasteiger charge is -2.14. The minimum absolute atomic E-state index is 0.125. The highest BCUT2D eigenvalue weighted by Gasteiger charge is 2.11. The Balaban J connectivity index is 2.23. The molecule has 1 atom stereocenters. The summed E-state index contributed by atoms with van der Waals surface area (Å²) in [6.45, 7) is 3.97. The number of rotatable bonds is 4. The SMILES string of the molecule is CC(C)Oc1cccc([C@@H](O)c2ccc(Br)cc2)c1. The molecular weight excluding hydrogens is 304 g/mol. The van der Waals surface area contributed by atoms with Crippen molar-refractivity contribution in [2.24, 2.45) is 0 Å². The van der Waals surface area contributed by atoms with Gasteiger partial charge in [-0.2, -0.15) is 0 Å². The van der Waals surface area contributed by atoms with Crippen LogP contribution >= 0.6 is 15.9 Å². The van der Waals surface area contributed by atoms with E-state index in [4.69, 9.17) is 4.74 Å². The van der Waals surface area contributed by atoms with Crippen molar-refractivity contribution < 1.29 is 9.84 Å². The highest BCUT2D eigenvalue weighted by Crippen LogP contribution is 2.26. The van der Waals surface area contributed by atoms with Gasteiger partial charge in [0.05, 0.1) is 6.10 Å². The number of hydrogen-bond acceptors (Lipinski definition) is 2. The van der Waals surface area contributed by atoms with Crippen LogP contribution in [-0.2, 0) is 0 Å². The summed E-state index contributed by atoms with van der Waals surface area (Å²) in [7, 11) is 0. The van der Waals surface area contributed by atoms with Gasteiger partial charge in [-0.1, -0.05) is 40.2 Å². The van der Waals surface area contributed by atoms with Crippen molar-refractivity contribution in [1.82, 2.24) is 0 Å². The molecule has 2 aromatic carbocycles. The van der Waals surface area contributed by atoms with Crippen molar-refractivity contribution in [2.45, 2.75) is 26.1 Å². The van der Waals surface area contributed by atoms with Gasteiger partial charge in [0.15, 0.2) is 0 Å². The molecule has 100 valence electrons. The smallest absolute Gasteiger partial charge is 0.120 e. The second-order valence-corrected chi connectivity index (χ2v) is 5.61. The minimum Gasteiger partial charge on any atom is -0.491 e. The van der Waals surface area contributed by atoms with Crippen LogP contribution in [0.15, 0.2) is 53.0 Å². The molecular formula is C16H17BrO2. The van der Waals surface area contributed by atoms with E-state index in [0.29, 0.717) is 0 Å². The van der Waals surface area contributed by atoms with Gasteiger partial charge in [-0.25, -0.2) is 0 Å². The Morgan fingerprint density at radius 3 is 2.32 bits per heavy atom. The van der Waals surface area contributed by atoms with Crippen molar-refractivity contribution >= 4 is 15.9 Å². The van der Waals surface area contributed by atoms with Crippen LogP contribution < -0.4 is 4.74 Å². The zero-order valence-electron chi connectivity index (χ0n) is 11.0. The zero-order valence-corrected chi connectivity index (χ0v) is 12.6. The molecule has 0 amide bonds. The maximum Gasteiger partial charge on any atom is 0.120 e. The van der Waals surface area contributed by atoms with Crippen LogP contribution in [0.25, 0.3) is 0 Å². The average Bonchev–Trinajstić information content (AvgIpc) is 2.38. The van der Waals surface area contributed by atoms with Crippen molar-refractivity contribution in [3.63, 3.8) is 0 Å². The van der Waals surface area contributed by atoms with E-state index in [1.165, 1.54) is 0 Å². The molecule has 0 aliphatic heterocycles. The van der Waals surface area contributed by atoms with Gasteiger partial charge in [0.1, 0.15) is 11.9 Å². The van der Waals surface area contributed by atoms with E-state index in [1.807, 2.05) is 62.4 Å². The minimum atomic E-state index is -0.635. The van der Waals surface area contributed by atoms with Crippen molar-refractivity contribution in [3.05, 3.63) is 64.1 Å². The fourth-order valence-corrected chi connectivity index (χ4v) is 2.13. The van der Waals surface area contributed by atoms with Gasteiger partial charge < -0.3 is 9.84 Å². The number of benzene rings is 2. The Morgan fingerprint density at radius 1 is 1.00 bits per heavy atom. The van der Waals surface area contributed by atoms with E-state index < -0.39 is 6.10 Å². The Bertz CT molecular complexity index is 535. The van der Waals surface area contributed by atoms with Gasteiger partial charge in [-0.15, -0.1) is 0 Å². The topological polar surface area (TPSA) is 29.5 Å².